The van der Waals surface area contributed by atoms with Gasteiger partial charge in [-0.2, -0.15) is 0 Å². The van der Waals surface area contributed by atoms with Crippen molar-refractivity contribution in [1.29, 1.82) is 0 Å². The minimum absolute atomic E-state index is 0.763. The first-order valence-electron chi connectivity index (χ1n) is 7.62. The molecule has 0 spiro atoms. The Morgan fingerprint density at radius 2 is 1.86 bits per heavy atom. The molecule has 0 amide bonds. The molecule has 2 heteroatoms. The van der Waals surface area contributed by atoms with Crippen LogP contribution < -0.4 is 0 Å². The molecule has 0 aliphatic heterocycles. The third-order valence-corrected chi connectivity index (χ3v) is 5.25. The molecule has 1 rings (SSSR count). The summed E-state index contributed by atoms with van der Waals surface area (Å²) in [6.45, 7) is 13.6. The number of benzene rings is 1. The van der Waals surface area contributed by atoms with Crippen molar-refractivity contribution in [2.75, 3.05) is 6.61 Å². The van der Waals surface area contributed by atoms with Crippen molar-refractivity contribution in [2.45, 2.75) is 39.4 Å². The van der Waals surface area contributed by atoms with Crippen LogP contribution in [0.5, 0.6) is 0 Å². The van der Waals surface area contributed by atoms with Crippen molar-refractivity contribution in [3.63, 3.8) is 0 Å². The van der Waals surface area contributed by atoms with E-state index in [2.05, 4.69) is 68.7 Å². The Balaban J connectivity index is 2.84. The van der Waals surface area contributed by atoms with E-state index in [-0.39, 0.29) is 0 Å². The van der Waals surface area contributed by atoms with Crippen molar-refractivity contribution in [2.24, 2.45) is 0 Å². The van der Waals surface area contributed by atoms with Crippen molar-refractivity contribution < 1.29 is 4.74 Å². The van der Waals surface area contributed by atoms with E-state index in [1.165, 1.54) is 10.8 Å². The number of rotatable bonds is 8. The fourth-order valence-corrected chi connectivity index (χ4v) is 3.16. The summed E-state index contributed by atoms with van der Waals surface area (Å²) in [5, 5.41) is 1.41. The fourth-order valence-electron chi connectivity index (χ4n) is 1.92. The second-order valence-corrected chi connectivity index (χ2v) is 11.4. The monoisotopic (exact) mass is 300 g/mol. The topological polar surface area (TPSA) is 9.23 Å². The van der Waals surface area contributed by atoms with Gasteiger partial charge in [0.15, 0.2) is 0 Å². The lowest BCUT2D eigenvalue weighted by Crippen LogP contribution is -2.23. The largest absolute Gasteiger partial charge is 0.498 e. The Kier molecular flexibility index (Phi) is 7.24. The average molecular weight is 301 g/mol. The van der Waals surface area contributed by atoms with Gasteiger partial charge in [0.1, 0.15) is 0 Å². The van der Waals surface area contributed by atoms with Gasteiger partial charge >= 0.3 is 0 Å². The van der Waals surface area contributed by atoms with Gasteiger partial charge < -0.3 is 4.74 Å². The van der Waals surface area contributed by atoms with Gasteiger partial charge in [-0.1, -0.05) is 67.3 Å². The molecule has 1 aromatic rings. The standard InChI is InChI=1S/C19H28OSi/c1-6-7-11-14-20-17(2)15-19(21(3,4)5)16-18-12-9-8-10-13-18/h6,8-10,12-13,15-16H,1,7,11,14H2,2-5H3/b17-15+,19-16-. The van der Waals surface area contributed by atoms with Crippen LogP contribution in [0.25, 0.3) is 6.08 Å². The normalized spacial score (nSPS) is 13.1. The molecule has 0 aliphatic carbocycles. The van der Waals surface area contributed by atoms with Crippen molar-refractivity contribution in [3.05, 3.63) is 65.6 Å². The SMILES string of the molecule is C=CCCCO/C(C)=C/C(=C/c1ccccc1)[Si](C)(C)C. The summed E-state index contributed by atoms with van der Waals surface area (Å²) in [5.74, 6) is 1.00. The summed E-state index contributed by atoms with van der Waals surface area (Å²) in [7, 11) is -1.40. The van der Waals surface area contributed by atoms with Gasteiger partial charge in [0.25, 0.3) is 0 Å². The zero-order valence-electron chi connectivity index (χ0n) is 13.9. The van der Waals surface area contributed by atoms with Crippen LogP contribution >= 0.6 is 0 Å². The summed E-state index contributed by atoms with van der Waals surface area (Å²) in [4.78, 5) is 0. The van der Waals surface area contributed by atoms with Crippen LogP contribution in [-0.4, -0.2) is 14.7 Å². The smallest absolute Gasteiger partial charge is 0.0927 e. The molecule has 0 fully saturated rings. The van der Waals surface area contributed by atoms with Crippen LogP contribution in [0.2, 0.25) is 19.6 Å². The second kappa shape index (κ2) is 8.68. The molecular weight excluding hydrogens is 272 g/mol. The minimum Gasteiger partial charge on any atom is -0.498 e. The summed E-state index contributed by atoms with van der Waals surface area (Å²) in [6, 6.07) is 10.5. The molecular formula is C19H28OSi. The summed E-state index contributed by atoms with van der Waals surface area (Å²) in [6.07, 6.45) is 8.48. The molecule has 0 radical (unpaired) electrons. The van der Waals surface area contributed by atoms with Crippen LogP contribution in [0.4, 0.5) is 0 Å². The van der Waals surface area contributed by atoms with Gasteiger partial charge in [0.2, 0.25) is 0 Å². The Morgan fingerprint density at radius 3 is 2.43 bits per heavy atom. The summed E-state index contributed by atoms with van der Waals surface area (Å²) in [5.41, 5.74) is 1.26. The molecule has 0 aliphatic rings. The third-order valence-electron chi connectivity index (χ3n) is 3.23. The number of hydrogen-bond donors (Lipinski definition) is 0. The average Bonchev–Trinajstić information content (AvgIpc) is 2.43. The van der Waals surface area contributed by atoms with E-state index in [1.54, 1.807) is 0 Å². The molecule has 0 heterocycles. The van der Waals surface area contributed by atoms with Crippen molar-refractivity contribution in [3.8, 4) is 0 Å². The van der Waals surface area contributed by atoms with Gasteiger partial charge in [-0.25, -0.2) is 0 Å². The van der Waals surface area contributed by atoms with Crippen LogP contribution in [0, 0.1) is 0 Å². The van der Waals surface area contributed by atoms with Crippen LogP contribution in [-0.2, 0) is 4.74 Å². The van der Waals surface area contributed by atoms with Crippen molar-refractivity contribution in [1.82, 2.24) is 0 Å². The van der Waals surface area contributed by atoms with Crippen LogP contribution in [0.1, 0.15) is 25.3 Å². The van der Waals surface area contributed by atoms with E-state index in [9.17, 15) is 0 Å². The van der Waals surface area contributed by atoms with E-state index in [0.29, 0.717) is 0 Å². The van der Waals surface area contributed by atoms with Crippen molar-refractivity contribution >= 4 is 14.1 Å². The third kappa shape index (κ3) is 7.14. The molecule has 1 aromatic carbocycles. The zero-order chi connectivity index (χ0) is 15.7. The van der Waals surface area contributed by atoms with E-state index < -0.39 is 8.07 Å². The molecule has 21 heavy (non-hydrogen) atoms. The molecule has 114 valence electrons. The molecule has 1 nitrogen and oxygen atoms in total. The van der Waals surface area contributed by atoms with Gasteiger partial charge in [-0.3, -0.25) is 0 Å². The van der Waals surface area contributed by atoms with Crippen LogP contribution in [0.3, 0.4) is 0 Å². The van der Waals surface area contributed by atoms with Gasteiger partial charge in [0, 0.05) is 0 Å². The first-order chi connectivity index (χ1) is 9.93. The highest BCUT2D eigenvalue weighted by molar-refractivity contribution is 6.84. The summed E-state index contributed by atoms with van der Waals surface area (Å²) >= 11 is 0. The Bertz CT molecular complexity index is 492. The Labute approximate surface area is 131 Å². The number of allylic oxidation sites excluding steroid dienone is 4. The lowest BCUT2D eigenvalue weighted by atomic mass is 10.2. The minimum atomic E-state index is -1.40. The quantitative estimate of drug-likeness (QED) is 0.193. The Morgan fingerprint density at radius 1 is 1.19 bits per heavy atom. The Hall–Kier alpha value is -1.54. The van der Waals surface area contributed by atoms with E-state index in [0.717, 1.165) is 25.2 Å². The molecule has 0 N–H and O–H groups in total. The highest BCUT2D eigenvalue weighted by Gasteiger charge is 2.18. The molecule has 0 saturated heterocycles. The number of hydrogen-bond acceptors (Lipinski definition) is 1. The van der Waals surface area contributed by atoms with Gasteiger partial charge in [-0.15, -0.1) is 6.58 Å². The van der Waals surface area contributed by atoms with Gasteiger partial charge in [-0.05, 0) is 31.4 Å². The molecule has 0 unspecified atom stereocenters. The van der Waals surface area contributed by atoms with Gasteiger partial charge in [0.05, 0.1) is 20.4 Å². The maximum atomic E-state index is 5.80. The lowest BCUT2D eigenvalue weighted by molar-refractivity contribution is 0.211. The van der Waals surface area contributed by atoms with Crippen LogP contribution in [0.15, 0.2) is 60.0 Å². The number of ether oxygens (including phenoxy) is 1. The van der Waals surface area contributed by atoms with E-state index in [1.807, 2.05) is 13.0 Å². The first-order valence-corrected chi connectivity index (χ1v) is 11.1. The summed E-state index contributed by atoms with van der Waals surface area (Å²) < 4.78 is 5.80. The number of unbranched alkanes of at least 4 members (excludes halogenated alkanes) is 1. The molecule has 0 atom stereocenters. The van der Waals surface area contributed by atoms with E-state index in [4.69, 9.17) is 4.74 Å². The fraction of sp³-hybridized carbons (Fsp3) is 0.368. The highest BCUT2D eigenvalue weighted by atomic mass is 28.3. The lowest BCUT2D eigenvalue weighted by Gasteiger charge is -2.19. The highest BCUT2D eigenvalue weighted by Crippen LogP contribution is 2.21. The van der Waals surface area contributed by atoms with E-state index >= 15 is 0 Å². The first kappa shape index (κ1) is 17.5. The predicted molar refractivity (Wildman–Crippen MR) is 96.9 cm³/mol. The maximum Gasteiger partial charge on any atom is 0.0927 e. The molecule has 0 saturated carbocycles. The second-order valence-electron chi connectivity index (χ2n) is 6.29. The maximum absolute atomic E-state index is 5.80. The predicted octanol–water partition coefficient (Wildman–Crippen LogP) is 5.83. The zero-order valence-corrected chi connectivity index (χ0v) is 14.9. The molecule has 0 bridgehead atoms. The molecule has 0 aromatic heterocycles.